The third-order valence-electron chi connectivity index (χ3n) is 5.34. The molecular formula is C27H23NO5. The topological polar surface area (TPSA) is 88.8 Å². The fourth-order valence-corrected chi connectivity index (χ4v) is 3.75. The van der Waals surface area contributed by atoms with E-state index < -0.39 is 11.9 Å². The first-order valence-corrected chi connectivity index (χ1v) is 10.4. The molecule has 1 aromatic heterocycles. The zero-order valence-electron chi connectivity index (χ0n) is 18.3. The summed E-state index contributed by atoms with van der Waals surface area (Å²) in [6, 6.07) is 20.4. The van der Waals surface area contributed by atoms with Crippen molar-refractivity contribution >= 4 is 17.6 Å². The van der Waals surface area contributed by atoms with E-state index in [2.05, 4.69) is 5.32 Å². The van der Waals surface area contributed by atoms with Crippen molar-refractivity contribution in [3.8, 4) is 28.0 Å². The van der Waals surface area contributed by atoms with Crippen LogP contribution in [0.5, 0.6) is 5.75 Å². The number of anilines is 1. The molecule has 6 heteroatoms. The lowest BCUT2D eigenvalue weighted by Crippen LogP contribution is -2.22. The number of nitrogens with one attached hydrogen (secondary N) is 1. The number of carbonyl (C=O) groups is 2. The number of rotatable bonds is 7. The average molecular weight is 441 g/mol. The Balaban J connectivity index is 1.50. The number of hydrogen-bond acceptors (Lipinski definition) is 4. The van der Waals surface area contributed by atoms with Gasteiger partial charge in [-0.05, 0) is 60.4 Å². The monoisotopic (exact) mass is 441 g/mol. The summed E-state index contributed by atoms with van der Waals surface area (Å²) in [5, 5.41) is 12.5. The quantitative estimate of drug-likeness (QED) is 0.370. The van der Waals surface area contributed by atoms with Gasteiger partial charge >= 0.3 is 5.97 Å². The van der Waals surface area contributed by atoms with Gasteiger partial charge < -0.3 is 19.6 Å². The van der Waals surface area contributed by atoms with Crippen molar-refractivity contribution in [1.82, 2.24) is 0 Å². The minimum Gasteiger partial charge on any atom is -0.484 e. The molecule has 1 amide bonds. The molecule has 0 spiro atoms. The fraction of sp³-hybridized carbons (Fsp3) is 0.111. The Morgan fingerprint density at radius 2 is 1.73 bits per heavy atom. The number of carbonyl (C=O) groups excluding carboxylic acids is 1. The number of aromatic carboxylic acids is 1. The van der Waals surface area contributed by atoms with Crippen LogP contribution in [-0.2, 0) is 4.79 Å². The van der Waals surface area contributed by atoms with Crippen molar-refractivity contribution in [2.45, 2.75) is 13.8 Å². The fourth-order valence-electron chi connectivity index (χ4n) is 3.75. The summed E-state index contributed by atoms with van der Waals surface area (Å²) >= 11 is 0. The first kappa shape index (κ1) is 21.9. The van der Waals surface area contributed by atoms with E-state index in [4.69, 9.17) is 9.15 Å². The molecule has 3 aromatic carbocycles. The van der Waals surface area contributed by atoms with Gasteiger partial charge in [0.1, 0.15) is 5.75 Å². The van der Waals surface area contributed by atoms with Gasteiger partial charge in [0.25, 0.3) is 5.91 Å². The van der Waals surface area contributed by atoms with Crippen LogP contribution < -0.4 is 10.1 Å². The number of carboxylic acid groups (broad SMARTS) is 1. The minimum absolute atomic E-state index is 0.0595. The Hall–Kier alpha value is -4.32. The predicted molar refractivity (Wildman–Crippen MR) is 127 cm³/mol. The van der Waals surface area contributed by atoms with Crippen LogP contribution in [0.2, 0.25) is 0 Å². The molecule has 33 heavy (non-hydrogen) atoms. The van der Waals surface area contributed by atoms with E-state index in [-0.39, 0.29) is 17.9 Å². The van der Waals surface area contributed by atoms with Crippen LogP contribution in [0.15, 0.2) is 83.7 Å². The first-order valence-electron chi connectivity index (χ1n) is 10.4. The molecule has 0 saturated heterocycles. The van der Waals surface area contributed by atoms with Gasteiger partial charge in [0.2, 0.25) is 0 Å². The second-order valence-electron chi connectivity index (χ2n) is 7.71. The summed E-state index contributed by atoms with van der Waals surface area (Å²) in [5.74, 6) is -1.03. The Labute approximate surface area is 191 Å². The molecule has 2 N–H and O–H groups in total. The molecule has 0 unspecified atom stereocenters. The lowest BCUT2D eigenvalue weighted by atomic mass is 9.94. The van der Waals surface area contributed by atoms with Gasteiger partial charge in [-0.1, -0.05) is 48.0 Å². The molecule has 0 fully saturated rings. The number of hydrogen-bond donors (Lipinski definition) is 2. The smallest absolute Gasteiger partial charge is 0.338 e. The second kappa shape index (κ2) is 9.44. The lowest BCUT2D eigenvalue weighted by Gasteiger charge is -2.15. The third-order valence-corrected chi connectivity index (χ3v) is 5.34. The molecular weight excluding hydrogens is 418 g/mol. The average Bonchev–Trinajstić information content (AvgIpc) is 3.33. The molecule has 166 valence electrons. The van der Waals surface area contributed by atoms with Crippen LogP contribution in [0.3, 0.4) is 0 Å². The molecule has 6 nitrogen and oxygen atoms in total. The second-order valence-corrected chi connectivity index (χ2v) is 7.71. The Morgan fingerprint density at radius 3 is 2.45 bits per heavy atom. The van der Waals surface area contributed by atoms with Crippen molar-refractivity contribution < 1.29 is 23.8 Å². The molecule has 0 aliphatic carbocycles. The summed E-state index contributed by atoms with van der Waals surface area (Å²) in [6.45, 7) is 3.47. The number of furan rings is 1. The molecule has 4 aromatic rings. The summed E-state index contributed by atoms with van der Waals surface area (Å²) in [5.41, 5.74) is 5.49. The molecule has 4 rings (SSSR count). The Kier molecular flexibility index (Phi) is 6.26. The Bertz CT molecular complexity index is 1310. The number of benzene rings is 3. The molecule has 0 aliphatic rings. The first-order chi connectivity index (χ1) is 15.9. The van der Waals surface area contributed by atoms with Gasteiger partial charge in [-0.15, -0.1) is 0 Å². The van der Waals surface area contributed by atoms with Crippen LogP contribution in [0.25, 0.3) is 22.3 Å². The highest BCUT2D eigenvalue weighted by Crippen LogP contribution is 2.31. The van der Waals surface area contributed by atoms with Gasteiger partial charge in [0.05, 0.1) is 23.8 Å². The van der Waals surface area contributed by atoms with E-state index >= 15 is 0 Å². The largest absolute Gasteiger partial charge is 0.484 e. The molecule has 1 heterocycles. The highest BCUT2D eigenvalue weighted by atomic mass is 16.5. The SMILES string of the molecule is Cc1cccc(-c2ccc(NC(=O)COc3cccc(-c4ccoc4)c3)c(C(=O)O)c2C)c1. The van der Waals surface area contributed by atoms with Crippen molar-refractivity contribution in [2.24, 2.45) is 0 Å². The van der Waals surface area contributed by atoms with Crippen molar-refractivity contribution in [2.75, 3.05) is 11.9 Å². The molecule has 0 aliphatic heterocycles. The Morgan fingerprint density at radius 1 is 0.939 bits per heavy atom. The van der Waals surface area contributed by atoms with Crippen molar-refractivity contribution in [3.05, 3.63) is 95.9 Å². The van der Waals surface area contributed by atoms with E-state index in [1.165, 1.54) is 0 Å². The summed E-state index contributed by atoms with van der Waals surface area (Å²) in [6.07, 6.45) is 3.21. The summed E-state index contributed by atoms with van der Waals surface area (Å²) in [7, 11) is 0. The van der Waals surface area contributed by atoms with E-state index in [0.717, 1.165) is 27.8 Å². The number of carboxylic acids is 1. The zero-order valence-corrected chi connectivity index (χ0v) is 18.3. The number of amides is 1. The minimum atomic E-state index is -1.11. The number of aryl methyl sites for hydroxylation is 1. The molecule has 0 saturated carbocycles. The standard InChI is InChI=1S/C27H23NO5/c1-17-5-3-7-20(13-17)23-9-10-24(26(18(23)2)27(30)31)28-25(29)16-33-22-8-4-6-19(14-22)21-11-12-32-15-21/h3-15H,16H2,1-2H3,(H,28,29)(H,30,31). The van der Waals surface area contributed by atoms with E-state index in [1.807, 2.05) is 61.5 Å². The van der Waals surface area contributed by atoms with Crippen molar-refractivity contribution in [3.63, 3.8) is 0 Å². The predicted octanol–water partition coefficient (Wildman–Crippen LogP) is 5.95. The van der Waals surface area contributed by atoms with Gasteiger partial charge in [0, 0.05) is 5.56 Å². The highest BCUT2D eigenvalue weighted by Gasteiger charge is 2.19. The third kappa shape index (κ3) is 4.96. The van der Waals surface area contributed by atoms with Crippen LogP contribution >= 0.6 is 0 Å². The molecule has 0 atom stereocenters. The van der Waals surface area contributed by atoms with E-state index in [0.29, 0.717) is 11.3 Å². The maximum absolute atomic E-state index is 12.5. The van der Waals surface area contributed by atoms with Gasteiger partial charge in [0.15, 0.2) is 6.61 Å². The maximum atomic E-state index is 12.5. The van der Waals surface area contributed by atoms with E-state index in [1.54, 1.807) is 31.6 Å². The molecule has 0 bridgehead atoms. The van der Waals surface area contributed by atoms with Crippen molar-refractivity contribution in [1.29, 1.82) is 0 Å². The highest BCUT2D eigenvalue weighted by molar-refractivity contribution is 6.03. The number of ether oxygens (including phenoxy) is 1. The van der Waals surface area contributed by atoms with Crippen LogP contribution in [0.1, 0.15) is 21.5 Å². The van der Waals surface area contributed by atoms with Crippen LogP contribution in [0, 0.1) is 13.8 Å². The normalized spacial score (nSPS) is 10.6. The zero-order chi connectivity index (χ0) is 23.4. The van der Waals surface area contributed by atoms with Gasteiger partial charge in [-0.2, -0.15) is 0 Å². The summed E-state index contributed by atoms with van der Waals surface area (Å²) in [4.78, 5) is 24.6. The van der Waals surface area contributed by atoms with Crippen LogP contribution in [-0.4, -0.2) is 23.6 Å². The van der Waals surface area contributed by atoms with Gasteiger partial charge in [-0.3, -0.25) is 4.79 Å². The van der Waals surface area contributed by atoms with E-state index in [9.17, 15) is 14.7 Å². The lowest BCUT2D eigenvalue weighted by molar-refractivity contribution is -0.118. The maximum Gasteiger partial charge on any atom is 0.338 e. The van der Waals surface area contributed by atoms with Gasteiger partial charge in [-0.25, -0.2) is 4.79 Å². The van der Waals surface area contributed by atoms with Crippen LogP contribution in [0.4, 0.5) is 5.69 Å². The summed E-state index contributed by atoms with van der Waals surface area (Å²) < 4.78 is 10.7. The molecule has 0 radical (unpaired) electrons.